The summed E-state index contributed by atoms with van der Waals surface area (Å²) >= 11 is 0. The molecule has 1 fully saturated rings. The maximum Gasteiger partial charge on any atom is 0.0905 e. The average molecular weight is 370 g/mol. The molecule has 0 heterocycles. The Balaban J connectivity index is 1.96. The highest BCUT2D eigenvalue weighted by molar-refractivity contribution is 7.18. The topological polar surface area (TPSA) is 156 Å². The van der Waals surface area contributed by atoms with Gasteiger partial charge in [0.1, 0.15) is 0 Å². The summed E-state index contributed by atoms with van der Waals surface area (Å²) in [7, 11) is 2.72. The second-order valence-electron chi connectivity index (χ2n) is 7.96. The monoisotopic (exact) mass is 370 g/mol. The zero-order chi connectivity index (χ0) is 18.9. The van der Waals surface area contributed by atoms with Crippen LogP contribution in [0.4, 0.5) is 17.1 Å². The van der Waals surface area contributed by atoms with Crippen LogP contribution in [0.25, 0.3) is 0 Å². The molecular weight excluding hydrogens is 343 g/mol. The van der Waals surface area contributed by atoms with E-state index in [-0.39, 0.29) is 5.41 Å². The van der Waals surface area contributed by atoms with Gasteiger partial charge in [0.25, 0.3) is 0 Å². The van der Waals surface area contributed by atoms with E-state index in [0.717, 1.165) is 35.2 Å². The fraction of sp³-hybridized carbons (Fsp3) is 0.368. The molecule has 7 heteroatoms. The van der Waals surface area contributed by atoms with Crippen molar-refractivity contribution in [3.05, 3.63) is 52.6 Å². The van der Waals surface area contributed by atoms with Crippen LogP contribution in [0.2, 0.25) is 0 Å². The van der Waals surface area contributed by atoms with Crippen LogP contribution in [0.1, 0.15) is 47.9 Å². The molecule has 0 bridgehead atoms. The molecule has 12 N–H and O–H groups in total. The Morgan fingerprint density at radius 3 is 2.00 bits per heavy atom. The first kappa shape index (κ1) is 17.6. The van der Waals surface area contributed by atoms with Gasteiger partial charge in [-0.2, -0.15) is 0 Å². The minimum absolute atomic E-state index is 0.194. The number of nitrogen functional groups attached to an aromatic ring is 3. The second kappa shape index (κ2) is 5.33. The molecule has 0 saturated heterocycles. The number of fused-ring (bicyclic) bond motifs is 1. The van der Waals surface area contributed by atoms with Gasteiger partial charge in [-0.3, -0.25) is 0 Å². The molecule has 1 saturated carbocycles. The molecule has 4 rings (SSSR count). The van der Waals surface area contributed by atoms with Gasteiger partial charge in [-0.05, 0) is 55.0 Å². The minimum atomic E-state index is -0.979. The third-order valence-corrected chi connectivity index (χ3v) is 6.58. The predicted molar refractivity (Wildman–Crippen MR) is 111 cm³/mol. The van der Waals surface area contributed by atoms with Gasteiger partial charge in [0.2, 0.25) is 0 Å². The molecule has 2 atom stereocenters. The molecule has 0 spiro atoms. The van der Waals surface area contributed by atoms with Crippen molar-refractivity contribution in [2.24, 2.45) is 17.2 Å². The maximum atomic E-state index is 6.69. The molecule has 0 aromatic heterocycles. The summed E-state index contributed by atoms with van der Waals surface area (Å²) in [5, 5.41) is -0.665. The smallest absolute Gasteiger partial charge is 0.0905 e. The van der Waals surface area contributed by atoms with Crippen molar-refractivity contribution < 1.29 is 0 Å². The van der Waals surface area contributed by atoms with E-state index in [4.69, 9.17) is 34.4 Å². The highest BCUT2D eigenvalue weighted by Crippen LogP contribution is 2.59. The molecule has 0 aliphatic heterocycles. The largest absolute Gasteiger partial charge is 0.399 e. The summed E-state index contributed by atoms with van der Waals surface area (Å²) in [5.74, 6) is 0. The van der Waals surface area contributed by atoms with Crippen LogP contribution in [0.3, 0.4) is 0 Å². The zero-order valence-corrected chi connectivity index (χ0v) is 15.9. The second-order valence-corrected chi connectivity index (χ2v) is 8.99. The number of anilines is 3. The van der Waals surface area contributed by atoms with Gasteiger partial charge < -0.3 is 34.4 Å². The fourth-order valence-corrected chi connectivity index (χ4v) is 4.87. The molecule has 0 radical (unpaired) electrons. The SMILES string of the molecule is Nc1ccc(C2(c3c(N)cc4c(c3N)C(N)(P)CCC4(N)N)CC2)cc1. The van der Waals surface area contributed by atoms with Crippen molar-refractivity contribution in [1.82, 2.24) is 0 Å². The third-order valence-electron chi connectivity index (χ3n) is 6.01. The summed E-state index contributed by atoms with van der Waals surface area (Å²) in [4.78, 5) is 0. The molecule has 2 aromatic carbocycles. The summed E-state index contributed by atoms with van der Waals surface area (Å²) < 4.78 is 0. The number of hydrogen-bond acceptors (Lipinski definition) is 6. The number of nitrogens with two attached hydrogens (primary N) is 6. The Kier molecular flexibility index (Phi) is 3.60. The van der Waals surface area contributed by atoms with Crippen LogP contribution in [-0.4, -0.2) is 0 Å². The van der Waals surface area contributed by atoms with E-state index in [1.54, 1.807) is 0 Å². The van der Waals surface area contributed by atoms with E-state index in [1.807, 2.05) is 30.3 Å². The Bertz CT molecular complexity index is 884. The highest BCUT2D eigenvalue weighted by atomic mass is 31.0. The van der Waals surface area contributed by atoms with Gasteiger partial charge in [-0.1, -0.05) is 12.1 Å². The van der Waals surface area contributed by atoms with Gasteiger partial charge in [-0.15, -0.1) is 9.24 Å². The Morgan fingerprint density at radius 1 is 0.808 bits per heavy atom. The van der Waals surface area contributed by atoms with E-state index in [1.165, 1.54) is 5.56 Å². The van der Waals surface area contributed by atoms with Crippen LogP contribution in [0.15, 0.2) is 30.3 Å². The predicted octanol–water partition coefficient (Wildman–Crippen LogP) is 1.36. The summed E-state index contributed by atoms with van der Waals surface area (Å²) in [5.41, 5.74) is 42.7. The van der Waals surface area contributed by atoms with Crippen LogP contribution >= 0.6 is 9.24 Å². The van der Waals surface area contributed by atoms with Crippen molar-refractivity contribution in [1.29, 1.82) is 0 Å². The van der Waals surface area contributed by atoms with Gasteiger partial charge in [-0.25, -0.2) is 0 Å². The quantitative estimate of drug-likeness (QED) is 0.266. The molecule has 138 valence electrons. The van der Waals surface area contributed by atoms with Crippen molar-refractivity contribution in [2.45, 2.75) is 42.0 Å². The molecule has 2 unspecified atom stereocenters. The van der Waals surface area contributed by atoms with E-state index in [2.05, 4.69) is 9.24 Å². The van der Waals surface area contributed by atoms with Crippen molar-refractivity contribution in [3.63, 3.8) is 0 Å². The normalized spacial score (nSPS) is 25.5. The first-order valence-corrected chi connectivity index (χ1v) is 9.41. The first-order chi connectivity index (χ1) is 12.1. The lowest BCUT2D eigenvalue weighted by molar-refractivity contribution is 0.343. The average Bonchev–Trinajstić information content (AvgIpc) is 3.33. The van der Waals surface area contributed by atoms with Crippen molar-refractivity contribution >= 4 is 26.3 Å². The Labute approximate surface area is 155 Å². The fourth-order valence-electron chi connectivity index (χ4n) is 4.41. The van der Waals surface area contributed by atoms with E-state index < -0.39 is 10.9 Å². The number of hydrogen-bond donors (Lipinski definition) is 6. The molecule has 26 heavy (non-hydrogen) atoms. The highest BCUT2D eigenvalue weighted by Gasteiger charge is 2.51. The molecule has 0 amide bonds. The number of rotatable bonds is 2. The summed E-state index contributed by atoms with van der Waals surface area (Å²) in [6.45, 7) is 0. The van der Waals surface area contributed by atoms with E-state index in [0.29, 0.717) is 24.2 Å². The Morgan fingerprint density at radius 2 is 1.42 bits per heavy atom. The van der Waals surface area contributed by atoms with E-state index >= 15 is 0 Å². The number of benzene rings is 2. The van der Waals surface area contributed by atoms with Crippen molar-refractivity contribution in [3.8, 4) is 0 Å². The zero-order valence-electron chi connectivity index (χ0n) is 14.8. The standard InChI is InChI=1S/C19H27N6P/c20-11-3-1-10(2-4-11)17(5-6-17)15-13(21)9-12-14(16(15)22)19(25,26)8-7-18(12,23)24/h1-4,9H,5-8,20-26H2. The lowest BCUT2D eigenvalue weighted by Crippen LogP contribution is -2.53. The molecule has 2 aliphatic rings. The first-order valence-electron chi connectivity index (χ1n) is 8.83. The summed E-state index contributed by atoms with van der Waals surface area (Å²) in [6.07, 6.45) is 3.17. The van der Waals surface area contributed by atoms with Crippen LogP contribution in [-0.2, 0) is 16.4 Å². The minimum Gasteiger partial charge on any atom is -0.399 e. The van der Waals surface area contributed by atoms with Crippen LogP contribution in [0.5, 0.6) is 0 Å². The lowest BCUT2D eigenvalue weighted by atomic mass is 9.75. The lowest BCUT2D eigenvalue weighted by Gasteiger charge is -2.42. The molecule has 2 aliphatic carbocycles. The molecule has 2 aromatic rings. The van der Waals surface area contributed by atoms with Gasteiger partial charge in [0.05, 0.1) is 10.9 Å². The van der Waals surface area contributed by atoms with Gasteiger partial charge >= 0.3 is 0 Å². The van der Waals surface area contributed by atoms with Crippen LogP contribution in [0, 0.1) is 0 Å². The van der Waals surface area contributed by atoms with E-state index in [9.17, 15) is 0 Å². The van der Waals surface area contributed by atoms with Gasteiger partial charge in [0, 0.05) is 33.6 Å². The van der Waals surface area contributed by atoms with Crippen LogP contribution < -0.4 is 34.4 Å². The maximum absolute atomic E-state index is 6.69. The molecular formula is C19H27N6P. The molecule has 6 nitrogen and oxygen atoms in total. The Hall–Kier alpha value is -1.85. The van der Waals surface area contributed by atoms with Crippen molar-refractivity contribution in [2.75, 3.05) is 17.2 Å². The third kappa shape index (κ3) is 2.41. The summed E-state index contributed by atoms with van der Waals surface area (Å²) in [6, 6.07) is 9.80. The van der Waals surface area contributed by atoms with Gasteiger partial charge in [0.15, 0.2) is 0 Å².